The average molecular weight is 524 g/mol. The van der Waals surface area contributed by atoms with Crippen LogP contribution in [0.4, 0.5) is 9.18 Å². The number of benzene rings is 1. The summed E-state index contributed by atoms with van der Waals surface area (Å²) in [6.45, 7) is 6.62. The number of carbonyl (C=O) groups is 2. The van der Waals surface area contributed by atoms with Crippen LogP contribution in [0, 0.1) is 11.7 Å². The minimum atomic E-state index is -1.04. The molecule has 0 bridgehead atoms. The van der Waals surface area contributed by atoms with Crippen LogP contribution in [0.1, 0.15) is 52.0 Å². The monoisotopic (exact) mass is 523 g/mol. The maximum absolute atomic E-state index is 15.3. The summed E-state index contributed by atoms with van der Waals surface area (Å²) in [5.41, 5.74) is -0.0285. The van der Waals surface area contributed by atoms with Crippen molar-refractivity contribution in [1.29, 1.82) is 0 Å². The van der Waals surface area contributed by atoms with Crippen LogP contribution in [-0.2, 0) is 15.1 Å². The Bertz CT molecular complexity index is 1100. The Kier molecular flexibility index (Phi) is 7.13. The minimum Gasteiger partial charge on any atom is -0.444 e. The van der Waals surface area contributed by atoms with E-state index in [2.05, 4.69) is 5.32 Å². The second kappa shape index (κ2) is 9.66. The summed E-state index contributed by atoms with van der Waals surface area (Å²) >= 11 is 12.8. The molecule has 2 amide bonds. The molecule has 4 rings (SSSR count). The van der Waals surface area contributed by atoms with E-state index in [0.29, 0.717) is 25.1 Å². The van der Waals surface area contributed by atoms with E-state index in [1.165, 1.54) is 12.1 Å². The van der Waals surface area contributed by atoms with Crippen LogP contribution in [0.15, 0.2) is 35.6 Å². The number of carbonyl (C=O) groups excluding carboxylic acids is 2. The van der Waals surface area contributed by atoms with Gasteiger partial charge in [-0.1, -0.05) is 29.3 Å². The smallest absolute Gasteiger partial charge is 0.410 e. The van der Waals surface area contributed by atoms with E-state index in [1.54, 1.807) is 30.6 Å². The molecule has 0 radical (unpaired) electrons. The van der Waals surface area contributed by atoms with Crippen molar-refractivity contribution in [3.8, 4) is 0 Å². The highest BCUT2D eigenvalue weighted by Crippen LogP contribution is 2.42. The number of fused-ring (bicyclic) bond motifs is 1. The predicted molar refractivity (Wildman–Crippen MR) is 135 cm³/mol. The zero-order valence-corrected chi connectivity index (χ0v) is 22.1. The molecule has 0 spiro atoms. The van der Waals surface area contributed by atoms with Gasteiger partial charge in [-0.25, -0.2) is 9.18 Å². The molecular weight excluding hydrogens is 492 g/mol. The van der Waals surface area contributed by atoms with Crippen LogP contribution in [0.3, 0.4) is 0 Å². The van der Waals surface area contributed by atoms with Gasteiger partial charge in [0.05, 0.1) is 22.1 Å². The molecule has 2 aliphatic heterocycles. The lowest BCUT2D eigenvalue weighted by Crippen LogP contribution is -2.47. The summed E-state index contributed by atoms with van der Waals surface area (Å²) in [5.74, 6) is -0.324. The molecule has 0 saturated carbocycles. The van der Waals surface area contributed by atoms with Gasteiger partial charge in [0.25, 0.3) is 0 Å². The first-order chi connectivity index (χ1) is 16.4. The largest absolute Gasteiger partial charge is 0.444 e. The van der Waals surface area contributed by atoms with Crippen LogP contribution in [0.5, 0.6) is 0 Å². The minimum absolute atomic E-state index is 0.0164. The topological polar surface area (TPSA) is 61.9 Å². The number of nitrogens with one attached hydrogen (secondary N) is 1. The third kappa shape index (κ3) is 5.31. The number of rotatable bonds is 3. The molecular formula is C26H32Cl2FN3O3. The van der Waals surface area contributed by atoms with Crippen LogP contribution in [-0.4, -0.2) is 54.1 Å². The fourth-order valence-corrected chi connectivity index (χ4v) is 5.63. The van der Waals surface area contributed by atoms with Crippen molar-refractivity contribution in [3.63, 3.8) is 0 Å². The van der Waals surface area contributed by atoms with Gasteiger partial charge >= 0.3 is 6.09 Å². The summed E-state index contributed by atoms with van der Waals surface area (Å²) in [7, 11) is 1.81. The summed E-state index contributed by atoms with van der Waals surface area (Å²) in [4.78, 5) is 29.1. The van der Waals surface area contributed by atoms with Crippen molar-refractivity contribution in [2.75, 3.05) is 26.7 Å². The molecule has 3 aliphatic rings. The molecule has 1 aliphatic carbocycles. The van der Waals surface area contributed by atoms with Gasteiger partial charge < -0.3 is 19.9 Å². The van der Waals surface area contributed by atoms with Gasteiger partial charge in [-0.2, -0.15) is 0 Å². The van der Waals surface area contributed by atoms with Crippen molar-refractivity contribution in [3.05, 3.63) is 57.0 Å². The van der Waals surface area contributed by atoms with E-state index in [9.17, 15) is 9.59 Å². The van der Waals surface area contributed by atoms with Crippen molar-refractivity contribution >= 4 is 35.2 Å². The summed E-state index contributed by atoms with van der Waals surface area (Å²) in [5, 5.41) is 3.82. The highest BCUT2D eigenvalue weighted by molar-refractivity contribution is 6.42. The van der Waals surface area contributed by atoms with Gasteiger partial charge in [0.15, 0.2) is 0 Å². The van der Waals surface area contributed by atoms with E-state index >= 15 is 4.39 Å². The second-order valence-corrected chi connectivity index (χ2v) is 11.4. The summed E-state index contributed by atoms with van der Waals surface area (Å²) < 4.78 is 20.9. The second-order valence-electron chi connectivity index (χ2n) is 10.6. The van der Waals surface area contributed by atoms with E-state index in [4.69, 9.17) is 27.9 Å². The molecule has 1 aromatic carbocycles. The number of nitrogens with zero attached hydrogens (tertiary/aromatic N) is 2. The molecule has 190 valence electrons. The lowest BCUT2D eigenvalue weighted by Gasteiger charge is -2.35. The molecule has 9 heteroatoms. The van der Waals surface area contributed by atoms with Gasteiger partial charge in [-0.15, -0.1) is 0 Å². The standard InChI is InChI=1S/C26H32Cl2FN3O3/c1-25(2,3)35-24(34)32-13-11-26(15-32,21-20(29)10-9-19(27)22(21)28)30-17-8-7-16-6-5-12-31(4)23(33)18(16)14-17/h8-10,14,16,30H,5-7,11-13,15H2,1-4H3/t16?,26-/m1/s1. The number of likely N-dealkylation sites (tertiary alicyclic amines) is 2. The Morgan fingerprint density at radius 2 is 2.00 bits per heavy atom. The molecule has 6 nitrogen and oxygen atoms in total. The molecule has 2 saturated heterocycles. The number of ether oxygens (including phenoxy) is 1. The maximum Gasteiger partial charge on any atom is 0.410 e. The molecule has 0 aromatic heterocycles. The number of hydrogen-bond donors (Lipinski definition) is 1. The van der Waals surface area contributed by atoms with Crippen LogP contribution < -0.4 is 5.32 Å². The average Bonchev–Trinajstić information content (AvgIpc) is 3.14. The predicted octanol–water partition coefficient (Wildman–Crippen LogP) is 5.64. The van der Waals surface area contributed by atoms with Gasteiger partial charge in [-0.05, 0) is 70.6 Å². The highest BCUT2D eigenvalue weighted by atomic mass is 35.5. The van der Waals surface area contributed by atoms with Crippen molar-refractivity contribution in [1.82, 2.24) is 15.1 Å². The highest BCUT2D eigenvalue weighted by Gasteiger charge is 2.46. The van der Waals surface area contributed by atoms with Crippen LogP contribution >= 0.6 is 23.2 Å². The molecule has 1 N–H and O–H groups in total. The Hall–Kier alpha value is -2.25. The van der Waals surface area contributed by atoms with Gasteiger partial charge in [-0.3, -0.25) is 4.79 Å². The summed E-state index contributed by atoms with van der Waals surface area (Å²) in [6.07, 6.45) is 6.44. The Morgan fingerprint density at radius 3 is 2.71 bits per heavy atom. The third-order valence-electron chi connectivity index (χ3n) is 6.84. The lowest BCUT2D eigenvalue weighted by molar-refractivity contribution is -0.125. The quantitative estimate of drug-likeness (QED) is 0.520. The first kappa shape index (κ1) is 25.8. The third-order valence-corrected chi connectivity index (χ3v) is 7.64. The number of amides is 2. The molecule has 2 atom stereocenters. The van der Waals surface area contributed by atoms with Gasteiger partial charge in [0, 0.05) is 37.0 Å². The fraction of sp³-hybridized carbons (Fsp3) is 0.538. The van der Waals surface area contributed by atoms with Crippen molar-refractivity contribution < 1.29 is 18.7 Å². The Balaban J connectivity index is 1.71. The van der Waals surface area contributed by atoms with Gasteiger partial charge in [0.2, 0.25) is 5.91 Å². The number of hydrogen-bond acceptors (Lipinski definition) is 4. The zero-order chi connectivity index (χ0) is 25.5. The SMILES string of the molecule is CN1CCCC2CC=C(N[C@]3(c4c(F)ccc(Cl)c4Cl)CCN(C(=O)OC(C)(C)C)C3)C=C2C1=O. The van der Waals surface area contributed by atoms with Crippen molar-refractivity contribution in [2.45, 2.75) is 57.6 Å². The maximum atomic E-state index is 15.3. The molecule has 35 heavy (non-hydrogen) atoms. The summed E-state index contributed by atoms with van der Waals surface area (Å²) in [6, 6.07) is 2.71. The van der Waals surface area contributed by atoms with E-state index in [1.807, 2.05) is 19.2 Å². The zero-order valence-electron chi connectivity index (χ0n) is 20.6. The molecule has 2 fully saturated rings. The van der Waals surface area contributed by atoms with E-state index in [-0.39, 0.29) is 34.0 Å². The number of halogens is 3. The normalized spacial score (nSPS) is 25.0. The number of allylic oxidation sites excluding steroid dienone is 2. The molecule has 1 aromatic rings. The lowest BCUT2D eigenvalue weighted by atomic mass is 9.84. The molecule has 2 heterocycles. The van der Waals surface area contributed by atoms with Gasteiger partial charge in [0.1, 0.15) is 11.4 Å². The Labute approximate surface area is 216 Å². The Morgan fingerprint density at radius 1 is 1.26 bits per heavy atom. The molecule has 1 unspecified atom stereocenters. The van der Waals surface area contributed by atoms with Crippen LogP contribution in [0.25, 0.3) is 0 Å². The van der Waals surface area contributed by atoms with Crippen molar-refractivity contribution in [2.24, 2.45) is 5.92 Å². The van der Waals surface area contributed by atoms with Crippen LogP contribution in [0.2, 0.25) is 10.0 Å². The first-order valence-corrected chi connectivity index (χ1v) is 12.7. The first-order valence-electron chi connectivity index (χ1n) is 12.0. The number of likely N-dealkylation sites (N-methyl/N-ethyl adjacent to an activating group) is 1. The van der Waals surface area contributed by atoms with E-state index in [0.717, 1.165) is 25.0 Å². The van der Waals surface area contributed by atoms with E-state index < -0.39 is 23.1 Å². The fourth-order valence-electron chi connectivity index (χ4n) is 5.14.